The van der Waals surface area contributed by atoms with Crippen molar-refractivity contribution in [3.63, 3.8) is 0 Å². The Morgan fingerprint density at radius 2 is 1.21 bits per heavy atom. The lowest BCUT2D eigenvalue weighted by Gasteiger charge is -2.17. The number of ether oxygens (including phenoxy) is 1. The molecule has 0 aliphatic heterocycles. The number of hydrogen-bond donors (Lipinski definition) is 0. The fraction of sp³-hybridized carbons (Fsp3) is 0. The summed E-state index contributed by atoms with van der Waals surface area (Å²) in [7, 11) is 0. The molecule has 7 aromatic carbocycles. The zero-order valence-electron chi connectivity index (χ0n) is 30.1. The quantitative estimate of drug-likeness (QED) is 0.127. The van der Waals surface area contributed by atoms with Crippen molar-refractivity contribution in [2.45, 2.75) is 0 Å². The van der Waals surface area contributed by atoms with Crippen LogP contribution < -0.4 is 9.30 Å². The zero-order chi connectivity index (χ0) is 37.0. The van der Waals surface area contributed by atoms with Crippen molar-refractivity contribution >= 4 is 49.3 Å². The molecule has 56 heavy (non-hydrogen) atoms. The van der Waals surface area contributed by atoms with E-state index in [0.717, 1.165) is 77.4 Å². The highest BCUT2D eigenvalue weighted by atomic mass is 16.6. The van der Waals surface area contributed by atoms with Crippen molar-refractivity contribution < 1.29 is 13.7 Å². The molecule has 0 aliphatic carbocycles. The Morgan fingerprint density at radius 1 is 0.571 bits per heavy atom. The molecule has 0 saturated heterocycles. The number of fused-ring (bicyclic) bond motifs is 6. The number of pyridine rings is 1. The molecule has 4 heterocycles. The van der Waals surface area contributed by atoms with E-state index in [-0.39, 0.29) is 0 Å². The molecule has 0 bridgehead atoms. The molecule has 0 radical (unpaired) electrons. The molecule has 4 aromatic heterocycles. The summed E-state index contributed by atoms with van der Waals surface area (Å²) >= 11 is 0. The van der Waals surface area contributed by atoms with E-state index < -0.39 is 0 Å². The number of imidazole rings is 1. The van der Waals surface area contributed by atoms with Crippen molar-refractivity contribution in [1.82, 2.24) is 14.0 Å². The van der Waals surface area contributed by atoms with Crippen LogP contribution >= 0.6 is 0 Å². The molecule has 11 aromatic rings. The van der Waals surface area contributed by atoms with E-state index in [4.69, 9.17) is 14.1 Å². The number of para-hydroxylation sites is 5. The van der Waals surface area contributed by atoms with Crippen LogP contribution in [0, 0.1) is 6.33 Å². The van der Waals surface area contributed by atoms with Gasteiger partial charge in [0.1, 0.15) is 17.0 Å². The SMILES string of the molecule is [c-]1n(-c2c(-c3ccccc3)cccc2-c2ccccc2)c2ccccc2[n+]1-c1cccc(Oc2cn3c4ncccc4c4cccc(c5ccccc5o2)c43)c1. The van der Waals surface area contributed by atoms with Crippen LogP contribution in [0.25, 0.3) is 83.0 Å². The Hall–Kier alpha value is -7.70. The van der Waals surface area contributed by atoms with Crippen LogP contribution in [0.2, 0.25) is 0 Å². The van der Waals surface area contributed by atoms with E-state index in [0.29, 0.717) is 17.3 Å². The molecule has 264 valence electrons. The van der Waals surface area contributed by atoms with Crippen LogP contribution in [0.5, 0.6) is 11.7 Å². The van der Waals surface area contributed by atoms with Gasteiger partial charge in [0, 0.05) is 27.7 Å². The monoisotopic (exact) mass is 720 g/mol. The van der Waals surface area contributed by atoms with E-state index in [1.54, 1.807) is 0 Å². The van der Waals surface area contributed by atoms with Gasteiger partial charge in [0.2, 0.25) is 0 Å². The number of nitrogens with zero attached hydrogens (tertiary/aromatic N) is 4. The van der Waals surface area contributed by atoms with Crippen LogP contribution in [0.15, 0.2) is 199 Å². The Balaban J connectivity index is 1.09. The first-order chi connectivity index (χ1) is 27.8. The van der Waals surface area contributed by atoms with Crippen molar-refractivity contribution in [1.29, 1.82) is 0 Å². The number of benzene rings is 7. The number of rotatable bonds is 6. The molecular formula is C50H32N4O2. The third-order valence-electron chi connectivity index (χ3n) is 10.5. The van der Waals surface area contributed by atoms with Crippen LogP contribution in [-0.4, -0.2) is 14.0 Å². The molecule has 0 amide bonds. The number of aromatic nitrogens is 4. The van der Waals surface area contributed by atoms with Crippen LogP contribution in [0.3, 0.4) is 0 Å². The summed E-state index contributed by atoms with van der Waals surface area (Å²) in [5, 5.41) is 4.23. The van der Waals surface area contributed by atoms with Crippen molar-refractivity contribution in [3.05, 3.63) is 201 Å². The predicted molar refractivity (Wildman–Crippen MR) is 223 cm³/mol. The van der Waals surface area contributed by atoms with Crippen molar-refractivity contribution in [3.8, 4) is 45.3 Å². The van der Waals surface area contributed by atoms with Crippen molar-refractivity contribution in [2.75, 3.05) is 0 Å². The molecule has 0 fully saturated rings. The van der Waals surface area contributed by atoms with Gasteiger partial charge in [0.15, 0.2) is 0 Å². The minimum Gasteiger partial charge on any atom is -0.425 e. The average Bonchev–Trinajstić information content (AvgIpc) is 3.80. The van der Waals surface area contributed by atoms with E-state index in [9.17, 15) is 0 Å². The summed E-state index contributed by atoms with van der Waals surface area (Å²) in [6, 6.07) is 62.6. The molecule has 6 nitrogen and oxygen atoms in total. The Kier molecular flexibility index (Phi) is 7.38. The fourth-order valence-corrected chi connectivity index (χ4v) is 8.04. The van der Waals surface area contributed by atoms with Gasteiger partial charge < -0.3 is 9.15 Å². The Morgan fingerprint density at radius 3 is 2.02 bits per heavy atom. The van der Waals surface area contributed by atoms with Gasteiger partial charge in [-0.3, -0.25) is 13.5 Å². The summed E-state index contributed by atoms with van der Waals surface area (Å²) in [6.07, 6.45) is 7.49. The number of hydrogen-bond acceptors (Lipinski definition) is 3. The van der Waals surface area contributed by atoms with Crippen LogP contribution in [0.4, 0.5) is 0 Å². The molecule has 0 atom stereocenters. The Labute approximate surface area is 322 Å². The molecule has 0 spiro atoms. The lowest BCUT2D eigenvalue weighted by molar-refractivity contribution is -0.572. The van der Waals surface area contributed by atoms with E-state index >= 15 is 0 Å². The van der Waals surface area contributed by atoms with E-state index in [2.05, 4.69) is 159 Å². The summed E-state index contributed by atoms with van der Waals surface area (Å²) in [5.41, 5.74) is 11.1. The maximum absolute atomic E-state index is 6.69. The van der Waals surface area contributed by atoms with Gasteiger partial charge >= 0.3 is 5.95 Å². The van der Waals surface area contributed by atoms with Gasteiger partial charge in [0.25, 0.3) is 6.33 Å². The van der Waals surface area contributed by atoms with Gasteiger partial charge in [-0.2, -0.15) is 0 Å². The highest BCUT2D eigenvalue weighted by Crippen LogP contribution is 2.38. The lowest BCUT2D eigenvalue weighted by Crippen LogP contribution is -2.29. The van der Waals surface area contributed by atoms with E-state index in [1.807, 2.05) is 54.9 Å². The smallest absolute Gasteiger partial charge is 0.307 e. The highest BCUT2D eigenvalue weighted by molar-refractivity contribution is 6.17. The Bertz CT molecular complexity index is 3230. The second kappa shape index (κ2) is 13.0. The maximum Gasteiger partial charge on any atom is 0.307 e. The molecule has 0 saturated carbocycles. The van der Waals surface area contributed by atoms with Gasteiger partial charge in [-0.1, -0.05) is 146 Å². The highest BCUT2D eigenvalue weighted by Gasteiger charge is 2.20. The summed E-state index contributed by atoms with van der Waals surface area (Å²) in [5.74, 6) is 0.947. The molecular weight excluding hydrogens is 689 g/mol. The van der Waals surface area contributed by atoms with Gasteiger partial charge in [0.05, 0.1) is 34.1 Å². The average molecular weight is 721 g/mol. The minimum atomic E-state index is 0.328. The summed E-state index contributed by atoms with van der Waals surface area (Å²) in [4.78, 5) is 4.79. The first-order valence-corrected chi connectivity index (χ1v) is 18.6. The third kappa shape index (κ3) is 5.19. The van der Waals surface area contributed by atoms with Crippen LogP contribution in [0.1, 0.15) is 0 Å². The molecule has 11 rings (SSSR count). The van der Waals surface area contributed by atoms with Gasteiger partial charge in [-0.05, 0) is 58.7 Å². The summed E-state index contributed by atoms with van der Waals surface area (Å²) < 4.78 is 19.7. The standard InChI is InChI=1S/C50H32N4O2/c1-3-15-34(16-4-1)38-22-12-23-39(35-17-5-2-6-18-35)48(38)54-33-53(44-27-8-9-28-45(44)54)36-19-11-20-37(31-36)55-47-32-52-49-41(40-21-7-10-29-46(40)56-47)24-13-25-42(49)43-26-14-30-51-50(43)52/h1-32H. The first kappa shape index (κ1) is 31.8. The topological polar surface area (TPSA) is 48.5 Å². The van der Waals surface area contributed by atoms with E-state index in [1.165, 1.54) is 0 Å². The van der Waals surface area contributed by atoms with Crippen LogP contribution in [-0.2, 0) is 0 Å². The molecule has 0 aliphatic rings. The fourth-order valence-electron chi connectivity index (χ4n) is 8.04. The third-order valence-corrected chi connectivity index (χ3v) is 10.5. The molecule has 0 N–H and O–H groups in total. The van der Waals surface area contributed by atoms with Gasteiger partial charge in [-0.15, -0.1) is 0 Å². The van der Waals surface area contributed by atoms with Crippen molar-refractivity contribution in [2.24, 2.45) is 0 Å². The maximum atomic E-state index is 6.69. The predicted octanol–water partition coefficient (Wildman–Crippen LogP) is 12.1. The van der Waals surface area contributed by atoms with Gasteiger partial charge in [-0.25, -0.2) is 4.98 Å². The normalized spacial score (nSPS) is 11.6. The summed E-state index contributed by atoms with van der Waals surface area (Å²) in [6.45, 7) is 0. The second-order valence-electron chi connectivity index (χ2n) is 13.8. The minimum absolute atomic E-state index is 0.328. The lowest BCUT2D eigenvalue weighted by atomic mass is 9.95. The zero-order valence-corrected chi connectivity index (χ0v) is 30.1. The molecule has 0 unspecified atom stereocenters. The second-order valence-corrected chi connectivity index (χ2v) is 13.8. The first-order valence-electron chi connectivity index (χ1n) is 18.6. The largest absolute Gasteiger partial charge is 0.425 e. The molecule has 6 heteroatoms.